The highest BCUT2D eigenvalue weighted by atomic mass is 32.2. The van der Waals surface area contributed by atoms with Gasteiger partial charge >= 0.3 is 0 Å². The van der Waals surface area contributed by atoms with Crippen molar-refractivity contribution in [3.05, 3.63) is 39.4 Å². The van der Waals surface area contributed by atoms with Gasteiger partial charge in [0.25, 0.3) is 0 Å². The predicted octanol–water partition coefficient (Wildman–Crippen LogP) is 2.70. The van der Waals surface area contributed by atoms with Crippen molar-refractivity contribution in [2.75, 3.05) is 20.6 Å². The molecule has 0 aliphatic heterocycles. The van der Waals surface area contributed by atoms with Gasteiger partial charge in [-0.25, -0.2) is 13.1 Å². The van der Waals surface area contributed by atoms with Crippen molar-refractivity contribution >= 4 is 32.7 Å². The number of likely N-dealkylation sites (N-methyl/N-ethyl adjacent to an activating group) is 1. The summed E-state index contributed by atoms with van der Waals surface area (Å²) in [7, 11) is 0.487. The summed E-state index contributed by atoms with van der Waals surface area (Å²) in [6.45, 7) is 2.26. The molecule has 0 aromatic carbocycles. The fraction of sp³-hybridized carbons (Fsp3) is 0.385. The van der Waals surface area contributed by atoms with E-state index >= 15 is 0 Å². The van der Waals surface area contributed by atoms with Gasteiger partial charge in [0.1, 0.15) is 4.21 Å². The van der Waals surface area contributed by atoms with Crippen LogP contribution >= 0.6 is 22.7 Å². The summed E-state index contributed by atoms with van der Waals surface area (Å²) in [6.07, 6.45) is 0. The van der Waals surface area contributed by atoms with Gasteiger partial charge in [-0.05, 0) is 55.5 Å². The van der Waals surface area contributed by atoms with Crippen molar-refractivity contribution in [1.82, 2.24) is 9.62 Å². The smallest absolute Gasteiger partial charge is 0.250 e. The Morgan fingerprint density at radius 1 is 1.30 bits per heavy atom. The maximum absolute atomic E-state index is 12.2. The average Bonchev–Trinajstić information content (AvgIpc) is 3.00. The van der Waals surface area contributed by atoms with Crippen molar-refractivity contribution < 1.29 is 8.42 Å². The Hall–Kier alpha value is -0.730. The molecule has 110 valence electrons. The number of thiophene rings is 2. The van der Waals surface area contributed by atoms with E-state index in [4.69, 9.17) is 0 Å². The summed E-state index contributed by atoms with van der Waals surface area (Å²) < 4.78 is 27.5. The molecular weight excluding hydrogens is 312 g/mol. The van der Waals surface area contributed by atoms with Gasteiger partial charge in [-0.2, -0.15) is 11.3 Å². The van der Waals surface area contributed by atoms with Crippen molar-refractivity contribution in [3.63, 3.8) is 0 Å². The van der Waals surface area contributed by atoms with E-state index in [1.54, 1.807) is 17.4 Å². The first-order chi connectivity index (χ1) is 9.40. The van der Waals surface area contributed by atoms with Gasteiger partial charge in [0, 0.05) is 17.5 Å². The van der Waals surface area contributed by atoms with Gasteiger partial charge < -0.3 is 4.90 Å². The molecule has 1 atom stereocenters. The number of rotatable bonds is 6. The second-order valence-electron chi connectivity index (χ2n) is 4.75. The van der Waals surface area contributed by atoms with Gasteiger partial charge in [-0.1, -0.05) is 0 Å². The molecule has 2 aromatic rings. The van der Waals surface area contributed by atoms with Crippen molar-refractivity contribution in [2.24, 2.45) is 0 Å². The van der Waals surface area contributed by atoms with Crippen LogP contribution in [-0.2, 0) is 10.0 Å². The first-order valence-electron chi connectivity index (χ1n) is 6.15. The average molecular weight is 331 g/mol. The van der Waals surface area contributed by atoms with Gasteiger partial charge in [0.05, 0.1) is 0 Å². The molecule has 20 heavy (non-hydrogen) atoms. The summed E-state index contributed by atoms with van der Waals surface area (Å²) in [6, 6.07) is 5.54. The molecule has 0 amide bonds. The highest BCUT2D eigenvalue weighted by molar-refractivity contribution is 7.91. The lowest BCUT2D eigenvalue weighted by Gasteiger charge is -2.23. The third-order valence-corrected chi connectivity index (χ3v) is 6.62. The normalized spacial score (nSPS) is 13.8. The monoisotopic (exact) mass is 330 g/mol. The second kappa shape index (κ2) is 6.36. The molecule has 2 heterocycles. The molecule has 2 aromatic heterocycles. The maximum atomic E-state index is 12.2. The Morgan fingerprint density at radius 3 is 2.55 bits per heavy atom. The fourth-order valence-electron chi connectivity index (χ4n) is 1.88. The molecule has 1 N–H and O–H groups in total. The van der Waals surface area contributed by atoms with Crippen LogP contribution in [0.3, 0.4) is 0 Å². The van der Waals surface area contributed by atoms with E-state index in [1.807, 2.05) is 48.8 Å². The highest BCUT2D eigenvalue weighted by Gasteiger charge is 2.20. The molecule has 0 saturated heterocycles. The molecule has 4 nitrogen and oxygen atoms in total. The Bertz CT molecular complexity index is 645. The van der Waals surface area contributed by atoms with E-state index in [0.717, 1.165) is 10.4 Å². The van der Waals surface area contributed by atoms with Crippen molar-refractivity contribution in [1.29, 1.82) is 0 Å². The second-order valence-corrected chi connectivity index (χ2v) is 8.81. The van der Waals surface area contributed by atoms with Crippen LogP contribution in [0.4, 0.5) is 0 Å². The number of sulfonamides is 1. The van der Waals surface area contributed by atoms with E-state index in [0.29, 0.717) is 10.8 Å². The minimum absolute atomic E-state index is 0.0390. The molecule has 0 bridgehead atoms. The Morgan fingerprint density at radius 2 is 2.05 bits per heavy atom. The summed E-state index contributed by atoms with van der Waals surface area (Å²) in [5, 5.41) is 4.05. The number of hydrogen-bond acceptors (Lipinski definition) is 5. The Balaban J connectivity index is 2.10. The lowest BCUT2D eigenvalue weighted by atomic mass is 10.1. The van der Waals surface area contributed by atoms with Crippen LogP contribution in [0.1, 0.15) is 16.5 Å². The first-order valence-corrected chi connectivity index (χ1v) is 9.39. The Kier molecular flexibility index (Phi) is 4.98. The highest BCUT2D eigenvalue weighted by Crippen LogP contribution is 2.23. The lowest BCUT2D eigenvalue weighted by Crippen LogP contribution is -2.34. The molecule has 7 heteroatoms. The number of nitrogens with zero attached hydrogens (tertiary/aromatic N) is 1. The summed E-state index contributed by atoms with van der Waals surface area (Å²) >= 11 is 2.91. The number of nitrogens with one attached hydrogen (secondary N) is 1. The zero-order valence-corrected chi connectivity index (χ0v) is 14.1. The van der Waals surface area contributed by atoms with Crippen LogP contribution in [0.25, 0.3) is 0 Å². The molecule has 0 fully saturated rings. The minimum Gasteiger partial charge on any atom is -0.301 e. The van der Waals surface area contributed by atoms with Crippen LogP contribution in [0.15, 0.2) is 33.2 Å². The standard InChI is InChI=1S/C13H18N2O2S3/c1-10-4-5-13(19-10)20(16,17)14-8-12(15(2)3)11-6-7-18-9-11/h4-7,9,12,14H,8H2,1-3H3/t12-/m0/s1. The summed E-state index contributed by atoms with van der Waals surface area (Å²) in [5.74, 6) is 0. The van der Waals surface area contributed by atoms with Crippen LogP contribution in [-0.4, -0.2) is 34.0 Å². The third kappa shape index (κ3) is 3.67. The van der Waals surface area contributed by atoms with Crippen molar-refractivity contribution in [2.45, 2.75) is 17.2 Å². The SMILES string of the molecule is Cc1ccc(S(=O)(=O)NC[C@@H](c2ccsc2)N(C)C)s1. The van der Waals surface area contributed by atoms with E-state index in [2.05, 4.69) is 4.72 Å². The van der Waals surface area contributed by atoms with Gasteiger partial charge in [0.2, 0.25) is 10.0 Å². The molecule has 0 spiro atoms. The molecular formula is C13H18N2O2S3. The molecule has 0 radical (unpaired) electrons. The Labute approximate surface area is 128 Å². The quantitative estimate of drug-likeness (QED) is 0.886. The predicted molar refractivity (Wildman–Crippen MR) is 85.0 cm³/mol. The van der Waals surface area contributed by atoms with E-state index < -0.39 is 10.0 Å². The van der Waals surface area contributed by atoms with Crippen LogP contribution < -0.4 is 4.72 Å². The topological polar surface area (TPSA) is 49.4 Å². The molecule has 2 rings (SSSR count). The van der Waals surface area contributed by atoms with Crippen LogP contribution in [0.5, 0.6) is 0 Å². The van der Waals surface area contributed by atoms with Crippen molar-refractivity contribution in [3.8, 4) is 0 Å². The van der Waals surface area contributed by atoms with Gasteiger partial charge in [-0.3, -0.25) is 0 Å². The fourth-order valence-corrected chi connectivity index (χ4v) is 4.95. The molecule has 0 unspecified atom stereocenters. The van der Waals surface area contributed by atoms with Gasteiger partial charge in [-0.15, -0.1) is 11.3 Å². The third-order valence-electron chi connectivity index (χ3n) is 3.00. The number of hydrogen-bond donors (Lipinski definition) is 1. The van der Waals surface area contributed by atoms with Gasteiger partial charge in [0.15, 0.2) is 0 Å². The first kappa shape index (κ1) is 15.7. The zero-order valence-electron chi connectivity index (χ0n) is 11.7. The molecule has 0 aliphatic carbocycles. The summed E-state index contributed by atoms with van der Waals surface area (Å²) in [5.41, 5.74) is 1.13. The van der Waals surface area contributed by atoms with Crippen LogP contribution in [0, 0.1) is 6.92 Å². The van der Waals surface area contributed by atoms with E-state index in [1.165, 1.54) is 11.3 Å². The zero-order chi connectivity index (χ0) is 14.8. The number of aryl methyl sites for hydroxylation is 1. The minimum atomic E-state index is -3.41. The lowest BCUT2D eigenvalue weighted by molar-refractivity contribution is 0.300. The van der Waals surface area contributed by atoms with E-state index in [-0.39, 0.29) is 6.04 Å². The summed E-state index contributed by atoms with van der Waals surface area (Å²) in [4.78, 5) is 3.01. The van der Waals surface area contributed by atoms with E-state index in [9.17, 15) is 8.42 Å². The maximum Gasteiger partial charge on any atom is 0.250 e. The van der Waals surface area contributed by atoms with Crippen LogP contribution in [0.2, 0.25) is 0 Å². The largest absolute Gasteiger partial charge is 0.301 e. The molecule has 0 saturated carbocycles. The molecule has 0 aliphatic rings.